The minimum atomic E-state index is -1.55. The molecule has 0 saturated heterocycles. The average Bonchev–Trinajstić information content (AvgIpc) is 2.25. The third-order valence-electron chi connectivity index (χ3n) is 2.55. The number of hydrogen-bond donors (Lipinski definition) is 2. The van der Waals surface area contributed by atoms with Crippen LogP contribution in [0.25, 0.3) is 0 Å². The zero-order valence-corrected chi connectivity index (χ0v) is 10.7. The summed E-state index contributed by atoms with van der Waals surface area (Å²) in [4.78, 5) is 21.3. The quantitative estimate of drug-likeness (QED) is 0.828. The van der Waals surface area contributed by atoms with Gasteiger partial charge in [-0.3, -0.25) is 4.79 Å². The lowest BCUT2D eigenvalue weighted by atomic mass is 9.84. The first-order valence-corrected chi connectivity index (χ1v) is 5.58. The summed E-state index contributed by atoms with van der Waals surface area (Å²) in [6, 6.07) is 3.96. The number of carboxylic acid groups (broad SMARTS) is 1. The van der Waals surface area contributed by atoms with Crippen LogP contribution in [-0.4, -0.2) is 23.5 Å². The molecular formula is C12H13ClFNO3. The van der Waals surface area contributed by atoms with Gasteiger partial charge in [0.15, 0.2) is 0 Å². The second-order valence-corrected chi connectivity index (χ2v) is 4.90. The summed E-state index contributed by atoms with van der Waals surface area (Å²) in [5.74, 6) is -3.08. The normalized spacial score (nSPS) is 11.1. The summed E-state index contributed by atoms with van der Waals surface area (Å²) in [6.45, 7) is 3.63. The molecule has 2 N–H and O–H groups in total. The van der Waals surface area contributed by atoms with Gasteiger partial charge in [0.2, 0.25) is 0 Å². The minimum Gasteiger partial charge on any atom is -0.474 e. The fraction of sp³-hybridized carbons (Fsp3) is 0.333. The van der Waals surface area contributed by atoms with Gasteiger partial charge in [-0.05, 0) is 17.7 Å². The Morgan fingerprint density at radius 3 is 2.56 bits per heavy atom. The minimum absolute atomic E-state index is 0.0868. The Morgan fingerprint density at radius 1 is 1.44 bits per heavy atom. The number of carbonyl (C=O) groups excluding carboxylic acids is 1. The summed E-state index contributed by atoms with van der Waals surface area (Å²) >= 11 is 5.92. The number of hydrogen-bond acceptors (Lipinski definition) is 2. The van der Waals surface area contributed by atoms with Gasteiger partial charge in [-0.25, -0.2) is 9.18 Å². The lowest BCUT2D eigenvalue weighted by Gasteiger charge is -2.26. The largest absolute Gasteiger partial charge is 0.474 e. The van der Waals surface area contributed by atoms with Gasteiger partial charge in [0.05, 0.1) is 0 Å². The van der Waals surface area contributed by atoms with Crippen LogP contribution in [0.5, 0.6) is 0 Å². The average molecular weight is 274 g/mol. The highest BCUT2D eigenvalue weighted by Crippen LogP contribution is 2.29. The molecule has 0 aliphatic carbocycles. The Bertz CT molecular complexity index is 488. The van der Waals surface area contributed by atoms with Crippen molar-refractivity contribution in [3.8, 4) is 0 Å². The molecule has 0 fully saturated rings. The number of carbonyl (C=O) groups is 2. The molecular weight excluding hydrogens is 261 g/mol. The van der Waals surface area contributed by atoms with Crippen molar-refractivity contribution in [2.24, 2.45) is 0 Å². The fourth-order valence-corrected chi connectivity index (χ4v) is 1.93. The van der Waals surface area contributed by atoms with Crippen molar-refractivity contribution in [1.82, 2.24) is 5.32 Å². The van der Waals surface area contributed by atoms with Crippen LogP contribution in [0.3, 0.4) is 0 Å². The Balaban J connectivity index is 2.85. The van der Waals surface area contributed by atoms with E-state index in [1.165, 1.54) is 18.2 Å². The predicted octanol–water partition coefficient (Wildman–Crippen LogP) is 1.96. The summed E-state index contributed by atoms with van der Waals surface area (Å²) in [5, 5.41) is 11.0. The van der Waals surface area contributed by atoms with Crippen LogP contribution in [0.1, 0.15) is 19.4 Å². The fourth-order valence-electron chi connectivity index (χ4n) is 1.51. The lowest BCUT2D eigenvalue weighted by molar-refractivity contribution is -0.150. The van der Waals surface area contributed by atoms with Gasteiger partial charge in [-0.1, -0.05) is 31.5 Å². The van der Waals surface area contributed by atoms with E-state index in [0.29, 0.717) is 5.56 Å². The zero-order valence-electron chi connectivity index (χ0n) is 9.96. The Kier molecular flexibility index (Phi) is 4.29. The second kappa shape index (κ2) is 5.35. The number of aliphatic carboxylic acids is 1. The van der Waals surface area contributed by atoms with E-state index in [1.807, 2.05) is 0 Å². The van der Waals surface area contributed by atoms with Gasteiger partial charge < -0.3 is 10.4 Å². The van der Waals surface area contributed by atoms with Crippen molar-refractivity contribution in [3.05, 3.63) is 34.6 Å². The van der Waals surface area contributed by atoms with Crippen molar-refractivity contribution in [2.75, 3.05) is 6.54 Å². The molecule has 0 saturated carbocycles. The molecule has 1 aromatic rings. The van der Waals surface area contributed by atoms with E-state index in [0.717, 1.165) is 0 Å². The van der Waals surface area contributed by atoms with Crippen molar-refractivity contribution < 1.29 is 19.1 Å². The van der Waals surface area contributed by atoms with E-state index in [-0.39, 0.29) is 11.6 Å². The predicted molar refractivity (Wildman–Crippen MR) is 65.1 cm³/mol. The smallest absolute Gasteiger partial charge is 0.394 e. The van der Waals surface area contributed by atoms with Crippen molar-refractivity contribution >= 4 is 23.5 Å². The number of rotatable bonds is 3. The molecule has 0 aromatic heterocycles. The lowest BCUT2D eigenvalue weighted by Crippen LogP contribution is -2.40. The van der Waals surface area contributed by atoms with E-state index in [9.17, 15) is 14.0 Å². The summed E-state index contributed by atoms with van der Waals surface area (Å²) in [7, 11) is 0. The molecule has 1 aromatic carbocycles. The summed E-state index contributed by atoms with van der Waals surface area (Å²) in [6.07, 6.45) is 0. The van der Waals surface area contributed by atoms with Gasteiger partial charge >= 0.3 is 11.9 Å². The molecule has 0 aliphatic heterocycles. The van der Waals surface area contributed by atoms with Crippen LogP contribution in [0.2, 0.25) is 5.02 Å². The first kappa shape index (κ1) is 14.4. The monoisotopic (exact) mass is 273 g/mol. The Morgan fingerprint density at radius 2 is 2.06 bits per heavy atom. The second-order valence-electron chi connectivity index (χ2n) is 4.50. The first-order chi connectivity index (χ1) is 8.24. The molecule has 0 aliphatic rings. The van der Waals surface area contributed by atoms with Crippen LogP contribution >= 0.6 is 11.6 Å². The van der Waals surface area contributed by atoms with Gasteiger partial charge in [-0.2, -0.15) is 0 Å². The van der Waals surface area contributed by atoms with Gasteiger partial charge in [0.1, 0.15) is 5.82 Å². The highest BCUT2D eigenvalue weighted by Gasteiger charge is 2.25. The molecule has 1 amide bonds. The van der Waals surface area contributed by atoms with Crippen molar-refractivity contribution in [2.45, 2.75) is 19.3 Å². The molecule has 0 spiro atoms. The Labute approximate surface area is 109 Å². The maximum absolute atomic E-state index is 12.9. The zero-order chi connectivity index (χ0) is 13.9. The van der Waals surface area contributed by atoms with Crippen LogP contribution in [0.15, 0.2) is 18.2 Å². The van der Waals surface area contributed by atoms with E-state index >= 15 is 0 Å². The van der Waals surface area contributed by atoms with E-state index in [1.54, 1.807) is 13.8 Å². The number of carboxylic acids is 1. The molecule has 0 heterocycles. The topological polar surface area (TPSA) is 66.4 Å². The first-order valence-electron chi connectivity index (χ1n) is 5.20. The van der Waals surface area contributed by atoms with E-state index in [2.05, 4.69) is 5.32 Å². The number of halogens is 2. The molecule has 1 rings (SSSR count). The molecule has 98 valence electrons. The van der Waals surface area contributed by atoms with Crippen LogP contribution in [-0.2, 0) is 15.0 Å². The van der Waals surface area contributed by atoms with Crippen LogP contribution in [0.4, 0.5) is 4.39 Å². The SMILES string of the molecule is CC(C)(CNC(=O)C(=O)O)c1ccc(F)cc1Cl. The standard InChI is InChI=1S/C12H13ClFNO3/c1-12(2,6-15-10(16)11(17)18)8-4-3-7(14)5-9(8)13/h3-5H,6H2,1-2H3,(H,15,16)(H,17,18). The molecule has 0 bridgehead atoms. The molecule has 0 atom stereocenters. The number of nitrogens with one attached hydrogen (secondary N) is 1. The van der Waals surface area contributed by atoms with Crippen molar-refractivity contribution in [3.63, 3.8) is 0 Å². The molecule has 0 radical (unpaired) electrons. The molecule has 18 heavy (non-hydrogen) atoms. The van der Waals surface area contributed by atoms with Crippen LogP contribution < -0.4 is 5.32 Å². The van der Waals surface area contributed by atoms with E-state index in [4.69, 9.17) is 16.7 Å². The maximum Gasteiger partial charge on any atom is 0.394 e. The van der Waals surface area contributed by atoms with Gasteiger partial charge in [0.25, 0.3) is 0 Å². The summed E-state index contributed by atoms with van der Waals surface area (Å²) < 4.78 is 12.9. The molecule has 0 unspecified atom stereocenters. The highest BCUT2D eigenvalue weighted by molar-refractivity contribution is 6.32. The van der Waals surface area contributed by atoms with Crippen LogP contribution in [0, 0.1) is 5.82 Å². The van der Waals surface area contributed by atoms with Crippen molar-refractivity contribution in [1.29, 1.82) is 0 Å². The third kappa shape index (κ3) is 3.43. The summed E-state index contributed by atoms with van der Waals surface area (Å²) in [5.41, 5.74) is 0.0341. The number of benzene rings is 1. The number of amides is 1. The van der Waals surface area contributed by atoms with Gasteiger partial charge in [-0.15, -0.1) is 0 Å². The molecule has 6 heteroatoms. The third-order valence-corrected chi connectivity index (χ3v) is 2.86. The maximum atomic E-state index is 12.9. The Hall–Kier alpha value is -1.62. The van der Waals surface area contributed by atoms with Gasteiger partial charge in [0, 0.05) is 17.0 Å². The van der Waals surface area contributed by atoms with E-state index < -0.39 is 23.1 Å². The highest BCUT2D eigenvalue weighted by atomic mass is 35.5. The molecule has 4 nitrogen and oxygen atoms in total.